The van der Waals surface area contributed by atoms with Gasteiger partial charge in [-0.3, -0.25) is 14.6 Å². The Labute approximate surface area is 157 Å². The molecule has 0 aromatic carbocycles. The van der Waals surface area contributed by atoms with E-state index in [4.69, 9.17) is 4.52 Å². The van der Waals surface area contributed by atoms with Crippen LogP contribution < -0.4 is 5.32 Å². The highest BCUT2D eigenvalue weighted by Gasteiger charge is 2.34. The van der Waals surface area contributed by atoms with Gasteiger partial charge in [-0.2, -0.15) is 4.98 Å². The molecule has 0 radical (unpaired) electrons. The van der Waals surface area contributed by atoms with Crippen molar-refractivity contribution < 1.29 is 14.1 Å². The van der Waals surface area contributed by atoms with Crippen molar-refractivity contribution in [2.45, 2.75) is 51.1 Å². The van der Waals surface area contributed by atoms with Crippen molar-refractivity contribution in [2.24, 2.45) is 5.92 Å². The first-order chi connectivity index (χ1) is 13.2. The maximum Gasteiger partial charge on any atom is 0.229 e. The van der Waals surface area contributed by atoms with E-state index in [9.17, 15) is 9.59 Å². The number of aromatic nitrogens is 3. The van der Waals surface area contributed by atoms with Gasteiger partial charge in [0.2, 0.25) is 17.7 Å². The van der Waals surface area contributed by atoms with E-state index in [-0.39, 0.29) is 30.7 Å². The Hall–Kier alpha value is -2.77. The van der Waals surface area contributed by atoms with E-state index >= 15 is 0 Å². The number of hydrogen-bond acceptors (Lipinski definition) is 6. The topological polar surface area (TPSA) is 101 Å². The molecule has 2 aromatic rings. The number of carbonyl (C=O) groups is 2. The van der Waals surface area contributed by atoms with E-state index in [1.807, 2.05) is 12.1 Å². The summed E-state index contributed by atoms with van der Waals surface area (Å²) in [7, 11) is 0. The third kappa shape index (κ3) is 4.15. The number of rotatable bonds is 6. The first kappa shape index (κ1) is 17.6. The Morgan fingerprint density at radius 2 is 2.19 bits per heavy atom. The van der Waals surface area contributed by atoms with Crippen molar-refractivity contribution in [1.82, 2.24) is 25.3 Å². The quantitative estimate of drug-likeness (QED) is 0.833. The predicted octanol–water partition coefficient (Wildman–Crippen LogP) is 1.79. The third-order valence-corrected chi connectivity index (χ3v) is 5.29. The molecule has 1 saturated heterocycles. The highest BCUT2D eigenvalue weighted by atomic mass is 16.5. The first-order valence-electron chi connectivity index (χ1n) is 9.46. The normalized spacial score (nSPS) is 20.4. The SMILES string of the molecule is O=C(NCc1noc(C2CCCC2)n1)[C@@H]1CC(=O)N(Cc2cccnc2)C1. The van der Waals surface area contributed by atoms with Gasteiger partial charge in [0.05, 0.1) is 12.5 Å². The summed E-state index contributed by atoms with van der Waals surface area (Å²) in [6, 6.07) is 3.76. The Morgan fingerprint density at radius 3 is 2.96 bits per heavy atom. The van der Waals surface area contributed by atoms with Gasteiger partial charge in [-0.1, -0.05) is 24.1 Å². The van der Waals surface area contributed by atoms with Crippen LogP contribution in [0.25, 0.3) is 0 Å². The fourth-order valence-electron chi connectivity index (χ4n) is 3.80. The Morgan fingerprint density at radius 1 is 1.33 bits per heavy atom. The molecule has 1 aliphatic carbocycles. The lowest BCUT2D eigenvalue weighted by atomic mass is 10.1. The van der Waals surface area contributed by atoms with Crippen molar-refractivity contribution >= 4 is 11.8 Å². The number of likely N-dealkylation sites (tertiary alicyclic amines) is 1. The molecule has 2 fully saturated rings. The van der Waals surface area contributed by atoms with Gasteiger partial charge in [-0.25, -0.2) is 0 Å². The summed E-state index contributed by atoms with van der Waals surface area (Å²) in [6.45, 7) is 1.12. The number of pyridine rings is 1. The lowest BCUT2D eigenvalue weighted by Gasteiger charge is -2.16. The molecule has 2 aliphatic rings. The van der Waals surface area contributed by atoms with Gasteiger partial charge in [0, 0.05) is 37.8 Å². The molecule has 0 bridgehead atoms. The number of hydrogen-bond donors (Lipinski definition) is 1. The number of carbonyl (C=O) groups excluding carboxylic acids is 2. The minimum Gasteiger partial charge on any atom is -0.348 e. The number of amides is 2. The molecule has 1 N–H and O–H groups in total. The molecule has 0 spiro atoms. The maximum atomic E-state index is 12.4. The molecule has 142 valence electrons. The van der Waals surface area contributed by atoms with Crippen molar-refractivity contribution in [3.05, 3.63) is 41.8 Å². The summed E-state index contributed by atoms with van der Waals surface area (Å²) >= 11 is 0. The minimum atomic E-state index is -0.352. The van der Waals surface area contributed by atoms with E-state index in [0.717, 1.165) is 18.4 Å². The molecule has 2 amide bonds. The van der Waals surface area contributed by atoms with Gasteiger partial charge in [-0.15, -0.1) is 0 Å². The Kier molecular flexibility index (Phi) is 5.13. The van der Waals surface area contributed by atoms with Crippen molar-refractivity contribution in [3.8, 4) is 0 Å². The Bertz CT molecular complexity index is 801. The second-order valence-corrected chi connectivity index (χ2v) is 7.28. The molecular weight excluding hydrogens is 346 g/mol. The molecule has 1 saturated carbocycles. The van der Waals surface area contributed by atoms with Crippen molar-refractivity contribution in [1.29, 1.82) is 0 Å². The molecule has 1 atom stereocenters. The van der Waals surface area contributed by atoms with E-state index in [1.165, 1.54) is 12.8 Å². The van der Waals surface area contributed by atoms with E-state index in [0.29, 0.717) is 30.7 Å². The van der Waals surface area contributed by atoms with Crippen LogP contribution in [0, 0.1) is 5.92 Å². The molecule has 0 unspecified atom stereocenters. The van der Waals surface area contributed by atoms with Crippen LogP contribution in [0.4, 0.5) is 0 Å². The second-order valence-electron chi connectivity index (χ2n) is 7.28. The zero-order chi connectivity index (χ0) is 18.6. The van der Waals surface area contributed by atoms with Crippen LogP contribution in [0.2, 0.25) is 0 Å². The average molecular weight is 369 g/mol. The monoisotopic (exact) mass is 369 g/mol. The van der Waals surface area contributed by atoms with Crippen LogP contribution in [0.1, 0.15) is 55.3 Å². The molecule has 27 heavy (non-hydrogen) atoms. The molecule has 3 heterocycles. The molecule has 8 heteroatoms. The fraction of sp³-hybridized carbons (Fsp3) is 0.526. The minimum absolute atomic E-state index is 0.0120. The first-order valence-corrected chi connectivity index (χ1v) is 9.46. The summed E-state index contributed by atoms with van der Waals surface area (Å²) < 4.78 is 5.33. The summed E-state index contributed by atoms with van der Waals surface area (Å²) in [5.74, 6) is 1.01. The molecule has 8 nitrogen and oxygen atoms in total. The summed E-state index contributed by atoms with van der Waals surface area (Å²) in [5, 5.41) is 6.79. The molecule has 4 rings (SSSR count). The van der Waals surface area contributed by atoms with Crippen molar-refractivity contribution in [2.75, 3.05) is 6.54 Å². The summed E-state index contributed by atoms with van der Waals surface area (Å²) in [4.78, 5) is 34.8. The van der Waals surface area contributed by atoms with Gasteiger partial charge in [0.25, 0.3) is 0 Å². The maximum absolute atomic E-state index is 12.4. The lowest BCUT2D eigenvalue weighted by molar-refractivity contribution is -0.129. The van der Waals surface area contributed by atoms with Crippen LogP contribution in [0.5, 0.6) is 0 Å². The Balaban J connectivity index is 1.28. The van der Waals surface area contributed by atoms with Gasteiger partial charge in [0.15, 0.2) is 5.82 Å². The standard InChI is InChI=1S/C19H23N5O3/c25-17-8-15(12-24(17)11-13-4-3-7-20-9-13)18(26)21-10-16-22-19(27-23-16)14-5-1-2-6-14/h3-4,7,9,14-15H,1-2,5-6,8,10-12H2,(H,21,26)/t15-/m1/s1. The van der Waals surface area contributed by atoms with Crippen molar-refractivity contribution in [3.63, 3.8) is 0 Å². The summed E-state index contributed by atoms with van der Waals surface area (Å²) in [5.41, 5.74) is 0.957. The van der Waals surface area contributed by atoms with Crippen LogP contribution in [0.15, 0.2) is 29.0 Å². The van der Waals surface area contributed by atoms with Crippen LogP contribution in [-0.2, 0) is 22.7 Å². The zero-order valence-electron chi connectivity index (χ0n) is 15.1. The largest absolute Gasteiger partial charge is 0.348 e. The molecule has 1 aliphatic heterocycles. The van der Waals surface area contributed by atoms with Gasteiger partial charge >= 0.3 is 0 Å². The molecular formula is C19H23N5O3. The highest BCUT2D eigenvalue weighted by molar-refractivity contribution is 5.89. The lowest BCUT2D eigenvalue weighted by Crippen LogP contribution is -2.32. The molecule has 2 aromatic heterocycles. The second kappa shape index (κ2) is 7.85. The van der Waals surface area contributed by atoms with Crippen LogP contribution in [-0.4, -0.2) is 38.4 Å². The third-order valence-electron chi connectivity index (χ3n) is 5.29. The summed E-state index contributed by atoms with van der Waals surface area (Å²) in [6.07, 6.45) is 8.23. The van der Waals surface area contributed by atoms with Gasteiger partial charge < -0.3 is 14.7 Å². The average Bonchev–Trinajstić information content (AvgIpc) is 3.42. The predicted molar refractivity (Wildman–Crippen MR) is 95.1 cm³/mol. The van der Waals surface area contributed by atoms with Gasteiger partial charge in [0.1, 0.15) is 0 Å². The smallest absolute Gasteiger partial charge is 0.229 e. The van der Waals surface area contributed by atoms with E-state index in [1.54, 1.807) is 17.3 Å². The number of nitrogens with zero attached hydrogens (tertiary/aromatic N) is 4. The highest BCUT2D eigenvalue weighted by Crippen LogP contribution is 2.32. The van der Waals surface area contributed by atoms with E-state index < -0.39 is 0 Å². The van der Waals surface area contributed by atoms with Gasteiger partial charge in [-0.05, 0) is 24.5 Å². The number of nitrogens with one attached hydrogen (secondary N) is 1. The zero-order valence-corrected chi connectivity index (χ0v) is 15.1. The fourth-order valence-corrected chi connectivity index (χ4v) is 3.80. The van der Waals surface area contributed by atoms with E-state index in [2.05, 4.69) is 20.4 Å². The van der Waals surface area contributed by atoms with Crippen LogP contribution in [0.3, 0.4) is 0 Å². The van der Waals surface area contributed by atoms with Crippen LogP contribution >= 0.6 is 0 Å².